The molecule has 0 saturated carbocycles. The lowest BCUT2D eigenvalue weighted by atomic mass is 10.1. The third kappa shape index (κ3) is 4.41. The number of hydrogen-bond acceptors (Lipinski definition) is 3. The number of benzene rings is 1. The zero-order valence-electron chi connectivity index (χ0n) is 13.0. The molecule has 0 bridgehead atoms. The maximum Gasteiger partial charge on any atom is 0.252 e. The topological polar surface area (TPSA) is 48.1 Å². The van der Waals surface area contributed by atoms with Crippen molar-refractivity contribution in [2.24, 2.45) is 0 Å². The number of nitrogens with zero attached hydrogens (tertiary/aromatic N) is 1. The van der Waals surface area contributed by atoms with Crippen molar-refractivity contribution in [3.05, 3.63) is 46.2 Å². The van der Waals surface area contributed by atoms with E-state index in [-0.39, 0.29) is 5.56 Å². The summed E-state index contributed by atoms with van der Waals surface area (Å²) in [7, 11) is 0. The van der Waals surface area contributed by atoms with E-state index in [2.05, 4.69) is 29.0 Å². The molecule has 1 heterocycles. The van der Waals surface area contributed by atoms with Gasteiger partial charge in [0.1, 0.15) is 0 Å². The molecule has 0 aliphatic rings. The van der Waals surface area contributed by atoms with Gasteiger partial charge in [-0.2, -0.15) is 0 Å². The number of pyridine rings is 1. The first-order chi connectivity index (χ1) is 10.2. The van der Waals surface area contributed by atoms with Crippen molar-refractivity contribution in [2.45, 2.75) is 26.8 Å². The molecule has 0 saturated heterocycles. The quantitative estimate of drug-likeness (QED) is 0.733. The summed E-state index contributed by atoms with van der Waals surface area (Å²) in [5.41, 5.74) is 1.70. The summed E-state index contributed by atoms with van der Waals surface area (Å²) in [6.07, 6.45) is 1.18. The highest BCUT2D eigenvalue weighted by atomic mass is 16.1. The molecule has 1 aromatic heterocycles. The Balaban J connectivity index is 1.91. The minimum absolute atomic E-state index is 0.00195. The molecular formula is C17H25N3O. The van der Waals surface area contributed by atoms with Gasteiger partial charge in [-0.3, -0.25) is 4.79 Å². The van der Waals surface area contributed by atoms with Gasteiger partial charge in [0.25, 0.3) is 5.56 Å². The normalized spacial score (nSPS) is 11.4. The molecule has 2 rings (SSSR count). The predicted octanol–water partition coefficient (Wildman–Crippen LogP) is 2.35. The molecule has 0 fully saturated rings. The van der Waals surface area contributed by atoms with Crippen molar-refractivity contribution in [3.8, 4) is 0 Å². The van der Waals surface area contributed by atoms with Gasteiger partial charge in [-0.25, -0.2) is 0 Å². The van der Waals surface area contributed by atoms with E-state index in [0.717, 1.165) is 42.6 Å². The first kappa shape index (κ1) is 15.7. The Kier molecular flexibility index (Phi) is 5.96. The van der Waals surface area contributed by atoms with Crippen molar-refractivity contribution in [1.29, 1.82) is 0 Å². The molecule has 0 spiro atoms. The molecular weight excluding hydrogens is 262 g/mol. The fourth-order valence-electron chi connectivity index (χ4n) is 2.53. The van der Waals surface area contributed by atoms with Crippen LogP contribution in [0, 0.1) is 0 Å². The Bertz CT molecular complexity index is 621. The van der Waals surface area contributed by atoms with E-state index in [0.29, 0.717) is 6.54 Å². The van der Waals surface area contributed by atoms with E-state index in [1.807, 2.05) is 30.3 Å². The zero-order chi connectivity index (χ0) is 15.1. The van der Waals surface area contributed by atoms with Crippen molar-refractivity contribution in [2.75, 3.05) is 26.2 Å². The van der Waals surface area contributed by atoms with Gasteiger partial charge in [-0.15, -0.1) is 0 Å². The Morgan fingerprint density at radius 2 is 2.00 bits per heavy atom. The number of aromatic amines is 1. The average molecular weight is 287 g/mol. The van der Waals surface area contributed by atoms with Crippen LogP contribution < -0.4 is 10.9 Å². The lowest BCUT2D eigenvalue weighted by Crippen LogP contribution is -2.33. The molecule has 2 N–H and O–H groups in total. The van der Waals surface area contributed by atoms with E-state index in [4.69, 9.17) is 0 Å². The van der Waals surface area contributed by atoms with Crippen LogP contribution in [0.15, 0.2) is 35.1 Å². The van der Waals surface area contributed by atoms with Gasteiger partial charge < -0.3 is 15.2 Å². The van der Waals surface area contributed by atoms with Crippen LogP contribution in [-0.4, -0.2) is 36.1 Å². The van der Waals surface area contributed by atoms with Gasteiger partial charge in [0.05, 0.1) is 0 Å². The molecule has 2 aromatic rings. The van der Waals surface area contributed by atoms with Crippen LogP contribution in [0.2, 0.25) is 0 Å². The Labute approximate surface area is 126 Å². The molecule has 114 valence electrons. The first-order valence-corrected chi connectivity index (χ1v) is 7.78. The second-order valence-electron chi connectivity index (χ2n) is 5.32. The van der Waals surface area contributed by atoms with Crippen LogP contribution in [-0.2, 0) is 6.54 Å². The second-order valence-corrected chi connectivity index (χ2v) is 5.32. The maximum atomic E-state index is 12.0. The summed E-state index contributed by atoms with van der Waals surface area (Å²) in [4.78, 5) is 17.4. The molecule has 0 aliphatic heterocycles. The van der Waals surface area contributed by atoms with Crippen molar-refractivity contribution < 1.29 is 0 Å². The number of likely N-dealkylation sites (N-methyl/N-ethyl adjacent to an activating group) is 1. The lowest BCUT2D eigenvalue weighted by Gasteiger charge is -2.19. The summed E-state index contributed by atoms with van der Waals surface area (Å²) < 4.78 is 0. The van der Waals surface area contributed by atoms with Crippen LogP contribution in [0.1, 0.15) is 25.8 Å². The smallest absolute Gasteiger partial charge is 0.252 e. The molecule has 0 unspecified atom stereocenters. The highest BCUT2D eigenvalue weighted by Gasteiger charge is 2.03. The summed E-state index contributed by atoms with van der Waals surface area (Å²) in [6, 6.07) is 9.85. The average Bonchev–Trinajstić information content (AvgIpc) is 2.50. The van der Waals surface area contributed by atoms with Gasteiger partial charge in [0.2, 0.25) is 0 Å². The minimum Gasteiger partial charge on any atom is -0.322 e. The monoisotopic (exact) mass is 287 g/mol. The number of para-hydroxylation sites is 1. The van der Waals surface area contributed by atoms with E-state index in [1.54, 1.807) is 0 Å². The van der Waals surface area contributed by atoms with Gasteiger partial charge in [0, 0.05) is 30.7 Å². The summed E-state index contributed by atoms with van der Waals surface area (Å²) >= 11 is 0. The largest absolute Gasteiger partial charge is 0.322 e. The van der Waals surface area contributed by atoms with E-state index >= 15 is 0 Å². The van der Waals surface area contributed by atoms with Gasteiger partial charge >= 0.3 is 0 Å². The molecule has 0 aliphatic carbocycles. The van der Waals surface area contributed by atoms with E-state index in [1.165, 1.54) is 6.42 Å². The maximum absolute atomic E-state index is 12.0. The summed E-state index contributed by atoms with van der Waals surface area (Å²) in [5.74, 6) is 0. The van der Waals surface area contributed by atoms with Gasteiger partial charge in [-0.1, -0.05) is 32.0 Å². The number of rotatable bonds is 8. The number of aromatic nitrogens is 1. The fraction of sp³-hybridized carbons (Fsp3) is 0.471. The standard InChI is InChI=1S/C17H25N3O/c1-3-10-20(4-2)11-9-18-13-15-12-14-7-5-6-8-16(14)19-17(15)21/h5-8,12,18H,3-4,9-11,13H2,1-2H3,(H,19,21). The molecule has 0 radical (unpaired) electrons. The van der Waals surface area contributed by atoms with Crippen LogP contribution in [0.25, 0.3) is 10.9 Å². The number of H-pyrrole nitrogens is 1. The number of hydrogen-bond donors (Lipinski definition) is 2. The van der Waals surface area contributed by atoms with E-state index < -0.39 is 0 Å². The van der Waals surface area contributed by atoms with Crippen LogP contribution in [0.5, 0.6) is 0 Å². The molecule has 0 atom stereocenters. The molecule has 1 aromatic carbocycles. The number of nitrogens with one attached hydrogen (secondary N) is 2. The van der Waals surface area contributed by atoms with Crippen LogP contribution in [0.4, 0.5) is 0 Å². The highest BCUT2D eigenvalue weighted by Crippen LogP contribution is 2.09. The Morgan fingerprint density at radius 1 is 1.19 bits per heavy atom. The van der Waals surface area contributed by atoms with Gasteiger partial charge in [0.15, 0.2) is 0 Å². The highest BCUT2D eigenvalue weighted by molar-refractivity contribution is 5.78. The first-order valence-electron chi connectivity index (χ1n) is 7.78. The molecule has 21 heavy (non-hydrogen) atoms. The lowest BCUT2D eigenvalue weighted by molar-refractivity contribution is 0.287. The second kappa shape index (κ2) is 7.96. The van der Waals surface area contributed by atoms with Crippen molar-refractivity contribution >= 4 is 10.9 Å². The van der Waals surface area contributed by atoms with Crippen molar-refractivity contribution in [1.82, 2.24) is 15.2 Å². The number of fused-ring (bicyclic) bond motifs is 1. The third-order valence-corrected chi connectivity index (χ3v) is 3.74. The van der Waals surface area contributed by atoms with Crippen molar-refractivity contribution in [3.63, 3.8) is 0 Å². The van der Waals surface area contributed by atoms with E-state index in [9.17, 15) is 4.79 Å². The predicted molar refractivity (Wildman–Crippen MR) is 88.7 cm³/mol. The molecule has 0 amide bonds. The zero-order valence-corrected chi connectivity index (χ0v) is 13.0. The third-order valence-electron chi connectivity index (χ3n) is 3.74. The summed E-state index contributed by atoms with van der Waals surface area (Å²) in [6.45, 7) is 9.13. The molecule has 4 nitrogen and oxygen atoms in total. The summed E-state index contributed by atoms with van der Waals surface area (Å²) in [5, 5.41) is 4.45. The van der Waals surface area contributed by atoms with Crippen LogP contribution >= 0.6 is 0 Å². The Hall–Kier alpha value is -1.65. The SMILES string of the molecule is CCCN(CC)CCNCc1cc2ccccc2[nH]c1=O. The van der Waals surface area contributed by atoms with Gasteiger partial charge in [-0.05, 0) is 37.0 Å². The van der Waals surface area contributed by atoms with Crippen LogP contribution in [0.3, 0.4) is 0 Å². The Morgan fingerprint density at radius 3 is 2.76 bits per heavy atom. The minimum atomic E-state index is 0.00195. The molecule has 4 heteroatoms. The fourth-order valence-corrected chi connectivity index (χ4v) is 2.53.